The number of hydrogen-bond donors (Lipinski definition) is 2. The first kappa shape index (κ1) is 17.1. The van der Waals surface area contributed by atoms with Crippen molar-refractivity contribution < 1.29 is 4.79 Å². The van der Waals surface area contributed by atoms with Crippen molar-refractivity contribution in [1.82, 2.24) is 20.3 Å². The first-order valence-corrected chi connectivity index (χ1v) is 8.72. The van der Waals surface area contributed by atoms with Gasteiger partial charge in [0.25, 0.3) is 0 Å². The molecule has 0 aliphatic rings. The summed E-state index contributed by atoms with van der Waals surface area (Å²) in [7, 11) is 0. The van der Waals surface area contributed by atoms with Crippen molar-refractivity contribution in [2.24, 2.45) is 5.92 Å². The van der Waals surface area contributed by atoms with Gasteiger partial charge in [0.2, 0.25) is 5.91 Å². The van der Waals surface area contributed by atoms with Gasteiger partial charge in [0.1, 0.15) is 5.82 Å². The standard InChI is InChI=1S/C20H24N4O/c1-4-13(2)19(20-22-16-7-5-6-8-17(16)23-20)24-18(25)11-15-10-9-14(3)21-12-15/h5-10,12-13,19H,4,11H2,1-3H3,(H,22,23)(H,24,25)/t13-,19-/m0/s1. The van der Waals surface area contributed by atoms with Gasteiger partial charge in [0.05, 0.1) is 23.5 Å². The largest absolute Gasteiger partial charge is 0.346 e. The highest BCUT2D eigenvalue weighted by molar-refractivity contribution is 5.79. The number of H-pyrrole nitrogens is 1. The van der Waals surface area contributed by atoms with E-state index in [2.05, 4.69) is 34.1 Å². The molecule has 0 saturated carbocycles. The van der Waals surface area contributed by atoms with E-state index in [0.717, 1.165) is 34.5 Å². The number of aryl methyl sites for hydroxylation is 1. The fraction of sp³-hybridized carbons (Fsp3) is 0.350. The van der Waals surface area contributed by atoms with Crippen molar-refractivity contribution >= 4 is 16.9 Å². The lowest BCUT2D eigenvalue weighted by atomic mass is 9.98. The van der Waals surface area contributed by atoms with E-state index in [1.807, 2.05) is 43.3 Å². The molecule has 0 radical (unpaired) electrons. The minimum atomic E-state index is -0.136. The maximum absolute atomic E-state index is 12.5. The molecule has 2 atom stereocenters. The summed E-state index contributed by atoms with van der Waals surface area (Å²) in [6.45, 7) is 6.19. The Morgan fingerprint density at radius 2 is 2.04 bits per heavy atom. The Labute approximate surface area is 147 Å². The number of pyridine rings is 1. The average molecular weight is 336 g/mol. The molecule has 3 rings (SSSR count). The highest BCUT2D eigenvalue weighted by atomic mass is 16.1. The van der Waals surface area contributed by atoms with Crippen LogP contribution in [-0.4, -0.2) is 20.9 Å². The number of para-hydroxylation sites is 2. The summed E-state index contributed by atoms with van der Waals surface area (Å²) in [5.41, 5.74) is 3.77. The quantitative estimate of drug-likeness (QED) is 0.721. The minimum Gasteiger partial charge on any atom is -0.346 e. The molecule has 2 N–H and O–H groups in total. The number of imidazole rings is 1. The molecular weight excluding hydrogens is 312 g/mol. The summed E-state index contributed by atoms with van der Waals surface area (Å²) in [5, 5.41) is 3.15. The fourth-order valence-corrected chi connectivity index (χ4v) is 2.85. The molecular formula is C20H24N4O. The highest BCUT2D eigenvalue weighted by Gasteiger charge is 2.23. The van der Waals surface area contributed by atoms with Crippen molar-refractivity contribution in [3.8, 4) is 0 Å². The SMILES string of the molecule is CC[C@H](C)[C@H](NC(=O)Cc1ccc(C)nc1)c1nc2ccccc2[nH]1. The van der Waals surface area contributed by atoms with Crippen LogP contribution >= 0.6 is 0 Å². The zero-order chi connectivity index (χ0) is 17.8. The number of rotatable bonds is 6. The van der Waals surface area contributed by atoms with E-state index in [4.69, 9.17) is 0 Å². The summed E-state index contributed by atoms with van der Waals surface area (Å²) in [6, 6.07) is 11.7. The van der Waals surface area contributed by atoms with Crippen molar-refractivity contribution in [1.29, 1.82) is 0 Å². The number of aromatic amines is 1. The van der Waals surface area contributed by atoms with Crippen LogP contribution in [0.3, 0.4) is 0 Å². The summed E-state index contributed by atoms with van der Waals surface area (Å²) < 4.78 is 0. The molecule has 0 fully saturated rings. The molecule has 0 bridgehead atoms. The lowest BCUT2D eigenvalue weighted by Crippen LogP contribution is -2.34. The van der Waals surface area contributed by atoms with E-state index in [9.17, 15) is 4.79 Å². The van der Waals surface area contributed by atoms with Gasteiger partial charge in [-0.1, -0.05) is 38.5 Å². The Morgan fingerprint density at radius 1 is 1.24 bits per heavy atom. The molecule has 1 aromatic carbocycles. The summed E-state index contributed by atoms with van der Waals surface area (Å²) in [5.74, 6) is 1.07. The number of fused-ring (bicyclic) bond motifs is 1. The van der Waals surface area contributed by atoms with Crippen LogP contribution in [0.4, 0.5) is 0 Å². The fourth-order valence-electron chi connectivity index (χ4n) is 2.85. The Bertz CT molecular complexity index is 821. The molecule has 0 unspecified atom stereocenters. The molecule has 2 heterocycles. The zero-order valence-corrected chi connectivity index (χ0v) is 14.9. The van der Waals surface area contributed by atoms with E-state index in [-0.39, 0.29) is 17.9 Å². The second-order valence-electron chi connectivity index (χ2n) is 6.55. The smallest absolute Gasteiger partial charge is 0.225 e. The Morgan fingerprint density at radius 3 is 2.72 bits per heavy atom. The van der Waals surface area contributed by atoms with Gasteiger partial charge in [-0.2, -0.15) is 0 Å². The van der Waals surface area contributed by atoms with Crippen LogP contribution in [0.15, 0.2) is 42.6 Å². The van der Waals surface area contributed by atoms with Crippen LogP contribution in [0.5, 0.6) is 0 Å². The number of benzene rings is 1. The highest BCUT2D eigenvalue weighted by Crippen LogP contribution is 2.24. The molecule has 5 heteroatoms. The van der Waals surface area contributed by atoms with Crippen LogP contribution in [0.2, 0.25) is 0 Å². The normalized spacial score (nSPS) is 13.6. The van der Waals surface area contributed by atoms with Crippen molar-refractivity contribution in [2.75, 3.05) is 0 Å². The van der Waals surface area contributed by atoms with Crippen LogP contribution in [0.25, 0.3) is 11.0 Å². The van der Waals surface area contributed by atoms with Crippen molar-refractivity contribution in [3.63, 3.8) is 0 Å². The lowest BCUT2D eigenvalue weighted by Gasteiger charge is -2.22. The predicted molar refractivity (Wildman–Crippen MR) is 99.1 cm³/mol. The molecule has 25 heavy (non-hydrogen) atoms. The van der Waals surface area contributed by atoms with E-state index >= 15 is 0 Å². The second kappa shape index (κ2) is 7.47. The third-order valence-corrected chi connectivity index (χ3v) is 4.57. The van der Waals surface area contributed by atoms with Crippen LogP contribution < -0.4 is 5.32 Å². The third-order valence-electron chi connectivity index (χ3n) is 4.57. The molecule has 130 valence electrons. The van der Waals surface area contributed by atoms with Gasteiger partial charge in [0, 0.05) is 11.9 Å². The first-order chi connectivity index (χ1) is 12.1. The van der Waals surface area contributed by atoms with E-state index in [1.165, 1.54) is 0 Å². The third kappa shape index (κ3) is 4.05. The Hall–Kier alpha value is -2.69. The van der Waals surface area contributed by atoms with Crippen LogP contribution in [0, 0.1) is 12.8 Å². The van der Waals surface area contributed by atoms with Gasteiger partial charge in [-0.25, -0.2) is 4.98 Å². The number of nitrogens with zero attached hydrogens (tertiary/aromatic N) is 2. The maximum atomic E-state index is 12.5. The Balaban J connectivity index is 1.78. The van der Waals surface area contributed by atoms with Crippen LogP contribution in [-0.2, 0) is 11.2 Å². The molecule has 5 nitrogen and oxygen atoms in total. The lowest BCUT2D eigenvalue weighted by molar-refractivity contribution is -0.121. The summed E-state index contributed by atoms with van der Waals surface area (Å²) >= 11 is 0. The van der Waals surface area contributed by atoms with Crippen molar-refractivity contribution in [3.05, 3.63) is 59.7 Å². The number of nitrogens with one attached hydrogen (secondary N) is 2. The molecule has 1 amide bonds. The van der Waals surface area contributed by atoms with E-state index in [1.54, 1.807) is 6.20 Å². The molecule has 0 aliphatic heterocycles. The van der Waals surface area contributed by atoms with Gasteiger partial charge >= 0.3 is 0 Å². The number of hydrogen-bond acceptors (Lipinski definition) is 3. The summed E-state index contributed by atoms with van der Waals surface area (Å²) in [4.78, 5) is 24.8. The van der Waals surface area contributed by atoms with E-state index < -0.39 is 0 Å². The molecule has 0 saturated heterocycles. The van der Waals surface area contributed by atoms with Gasteiger partial charge < -0.3 is 10.3 Å². The van der Waals surface area contributed by atoms with Gasteiger partial charge in [-0.3, -0.25) is 9.78 Å². The second-order valence-corrected chi connectivity index (χ2v) is 6.55. The molecule has 0 aliphatic carbocycles. The maximum Gasteiger partial charge on any atom is 0.225 e. The molecule has 3 aromatic rings. The van der Waals surface area contributed by atoms with Crippen molar-refractivity contribution in [2.45, 2.75) is 39.7 Å². The number of aromatic nitrogens is 3. The zero-order valence-electron chi connectivity index (χ0n) is 14.9. The van der Waals surface area contributed by atoms with E-state index in [0.29, 0.717) is 6.42 Å². The van der Waals surface area contributed by atoms with Crippen LogP contribution in [0.1, 0.15) is 43.4 Å². The molecule has 2 aromatic heterocycles. The molecule has 0 spiro atoms. The number of carbonyl (C=O) groups excluding carboxylic acids is 1. The number of carbonyl (C=O) groups is 1. The minimum absolute atomic E-state index is 0.0172. The van der Waals surface area contributed by atoms with Gasteiger partial charge in [-0.15, -0.1) is 0 Å². The monoisotopic (exact) mass is 336 g/mol. The predicted octanol–water partition coefficient (Wildman–Crippen LogP) is 3.71. The average Bonchev–Trinajstić information content (AvgIpc) is 3.04. The topological polar surface area (TPSA) is 70.7 Å². The summed E-state index contributed by atoms with van der Waals surface area (Å²) in [6.07, 6.45) is 3.03. The van der Waals surface area contributed by atoms with Gasteiger partial charge in [-0.05, 0) is 36.6 Å². The Kier molecular flexibility index (Phi) is 5.12. The van der Waals surface area contributed by atoms with Gasteiger partial charge in [0.15, 0.2) is 0 Å². The number of amides is 1. The first-order valence-electron chi connectivity index (χ1n) is 8.72.